The van der Waals surface area contributed by atoms with Gasteiger partial charge in [-0.2, -0.15) is 0 Å². The number of benzene rings is 2. The summed E-state index contributed by atoms with van der Waals surface area (Å²) in [6.45, 7) is 5.19. The van der Waals surface area contributed by atoms with Gasteiger partial charge < -0.3 is 14.2 Å². The molecule has 0 atom stereocenters. The Bertz CT molecular complexity index is 770. The van der Waals surface area contributed by atoms with Crippen LogP contribution in [0.5, 0.6) is 11.5 Å². The molecule has 132 valence electrons. The predicted octanol–water partition coefficient (Wildman–Crippen LogP) is 4.31. The minimum atomic E-state index is -0.559. The van der Waals surface area contributed by atoms with Crippen molar-refractivity contribution in [2.75, 3.05) is 6.61 Å². The maximum Gasteiger partial charge on any atom is 0.349 e. The van der Waals surface area contributed by atoms with Crippen LogP contribution in [-0.4, -0.2) is 24.6 Å². The zero-order chi connectivity index (χ0) is 18.4. The molecule has 0 aliphatic carbocycles. The third-order valence-electron chi connectivity index (χ3n) is 3.13. The minimum absolute atomic E-state index is 0.221. The molecular weight excluding hydrogens is 388 g/mol. The van der Waals surface area contributed by atoms with Crippen LogP contribution in [0.2, 0.25) is 0 Å². The van der Waals surface area contributed by atoms with Crippen molar-refractivity contribution in [1.82, 2.24) is 0 Å². The number of carbonyl (C=O) groups excluding carboxylic acids is 2. The average Bonchev–Trinajstić information content (AvgIpc) is 2.53. The van der Waals surface area contributed by atoms with E-state index in [-0.39, 0.29) is 18.5 Å². The number of carbonyl (C=O) groups is 2. The summed E-state index contributed by atoms with van der Waals surface area (Å²) in [7, 11) is 0. The number of hydrogen-bond acceptors (Lipinski definition) is 5. The molecule has 5 nitrogen and oxygen atoms in total. The number of halogens is 1. The Morgan fingerprint density at radius 1 is 1.12 bits per heavy atom. The molecule has 0 saturated heterocycles. The molecule has 2 rings (SSSR count). The zero-order valence-electron chi connectivity index (χ0n) is 14.2. The molecule has 0 spiro atoms. The van der Waals surface area contributed by atoms with E-state index >= 15 is 0 Å². The number of rotatable bonds is 6. The van der Waals surface area contributed by atoms with Gasteiger partial charge in [-0.15, -0.1) is 0 Å². The third kappa shape index (κ3) is 5.90. The van der Waals surface area contributed by atoms with Crippen molar-refractivity contribution < 1.29 is 23.8 Å². The summed E-state index contributed by atoms with van der Waals surface area (Å²) in [4.78, 5) is 23.8. The largest absolute Gasteiger partial charge is 0.482 e. The van der Waals surface area contributed by atoms with E-state index in [1.54, 1.807) is 38.1 Å². The van der Waals surface area contributed by atoms with Crippen LogP contribution < -0.4 is 9.47 Å². The van der Waals surface area contributed by atoms with Gasteiger partial charge in [0.15, 0.2) is 6.61 Å². The first kappa shape index (κ1) is 19.0. The lowest BCUT2D eigenvalue weighted by Crippen LogP contribution is -2.18. The van der Waals surface area contributed by atoms with Gasteiger partial charge in [-0.25, -0.2) is 9.59 Å². The summed E-state index contributed by atoms with van der Waals surface area (Å²) in [6.07, 6.45) is -0.221. The number of hydrogen-bond donors (Lipinski definition) is 0. The molecule has 0 heterocycles. The standard InChI is InChI=1S/C19H19BrO5/c1-12(2)24-19(22)14-5-4-6-16(10-14)25-18(21)11-23-17-8-7-15(20)9-13(17)3/h4-10,12H,11H2,1-3H3. The highest BCUT2D eigenvalue weighted by atomic mass is 79.9. The van der Waals surface area contributed by atoms with E-state index in [9.17, 15) is 9.59 Å². The molecule has 25 heavy (non-hydrogen) atoms. The minimum Gasteiger partial charge on any atom is -0.482 e. The summed E-state index contributed by atoms with van der Waals surface area (Å²) >= 11 is 3.37. The van der Waals surface area contributed by atoms with Gasteiger partial charge in [0.1, 0.15) is 11.5 Å². The van der Waals surface area contributed by atoms with Gasteiger partial charge in [0.25, 0.3) is 0 Å². The van der Waals surface area contributed by atoms with Crippen LogP contribution in [0.1, 0.15) is 29.8 Å². The fraction of sp³-hybridized carbons (Fsp3) is 0.263. The van der Waals surface area contributed by atoms with Crippen LogP contribution in [0.3, 0.4) is 0 Å². The molecule has 0 aliphatic rings. The topological polar surface area (TPSA) is 61.8 Å². The van der Waals surface area contributed by atoms with Crippen molar-refractivity contribution in [1.29, 1.82) is 0 Å². The van der Waals surface area contributed by atoms with Crippen molar-refractivity contribution in [3.05, 3.63) is 58.1 Å². The van der Waals surface area contributed by atoms with Crippen molar-refractivity contribution in [2.24, 2.45) is 0 Å². The molecule has 6 heteroatoms. The molecule has 0 unspecified atom stereocenters. The van der Waals surface area contributed by atoms with Crippen molar-refractivity contribution in [3.8, 4) is 11.5 Å². The molecule has 0 radical (unpaired) electrons. The van der Waals surface area contributed by atoms with Gasteiger partial charge in [0.2, 0.25) is 0 Å². The first-order valence-electron chi connectivity index (χ1n) is 7.76. The van der Waals surface area contributed by atoms with Crippen molar-refractivity contribution in [2.45, 2.75) is 26.9 Å². The Hall–Kier alpha value is -2.34. The molecule has 0 amide bonds. The molecule has 0 saturated carbocycles. The fourth-order valence-electron chi connectivity index (χ4n) is 2.04. The van der Waals surface area contributed by atoms with Crippen LogP contribution in [0, 0.1) is 6.92 Å². The third-order valence-corrected chi connectivity index (χ3v) is 3.62. The molecule has 0 bridgehead atoms. The van der Waals surface area contributed by atoms with Gasteiger partial charge in [0, 0.05) is 4.47 Å². The lowest BCUT2D eigenvalue weighted by atomic mass is 10.2. The van der Waals surface area contributed by atoms with Crippen LogP contribution in [0.4, 0.5) is 0 Å². The first-order valence-corrected chi connectivity index (χ1v) is 8.55. The normalized spacial score (nSPS) is 10.4. The monoisotopic (exact) mass is 406 g/mol. The highest BCUT2D eigenvalue weighted by Crippen LogP contribution is 2.22. The van der Waals surface area contributed by atoms with Crippen LogP contribution >= 0.6 is 15.9 Å². The van der Waals surface area contributed by atoms with Gasteiger partial charge in [-0.1, -0.05) is 22.0 Å². The summed E-state index contributed by atoms with van der Waals surface area (Å²) in [5, 5.41) is 0. The Labute approximate surface area is 155 Å². The Kier molecular flexibility index (Phi) is 6.58. The Balaban J connectivity index is 1.95. The highest BCUT2D eigenvalue weighted by molar-refractivity contribution is 9.10. The average molecular weight is 407 g/mol. The second-order valence-electron chi connectivity index (χ2n) is 5.65. The van der Waals surface area contributed by atoms with E-state index in [0.717, 1.165) is 10.0 Å². The van der Waals surface area contributed by atoms with Crippen LogP contribution in [0.25, 0.3) is 0 Å². The van der Waals surface area contributed by atoms with Gasteiger partial charge in [-0.3, -0.25) is 0 Å². The highest BCUT2D eigenvalue weighted by Gasteiger charge is 2.12. The molecule has 0 aliphatic heterocycles. The van der Waals surface area contributed by atoms with Gasteiger partial charge >= 0.3 is 11.9 Å². The Morgan fingerprint density at radius 2 is 1.88 bits per heavy atom. The van der Waals surface area contributed by atoms with E-state index < -0.39 is 11.9 Å². The lowest BCUT2D eigenvalue weighted by Gasteiger charge is -2.10. The SMILES string of the molecule is Cc1cc(Br)ccc1OCC(=O)Oc1cccc(C(=O)OC(C)C)c1. The summed E-state index contributed by atoms with van der Waals surface area (Å²) in [6, 6.07) is 11.8. The van der Waals surface area contributed by atoms with Crippen molar-refractivity contribution in [3.63, 3.8) is 0 Å². The van der Waals surface area contributed by atoms with E-state index in [1.807, 2.05) is 19.1 Å². The smallest absolute Gasteiger partial charge is 0.349 e. The molecule has 2 aromatic carbocycles. The molecule has 2 aromatic rings. The lowest BCUT2D eigenvalue weighted by molar-refractivity contribution is -0.136. The molecular formula is C19H19BrO5. The van der Waals surface area contributed by atoms with E-state index in [1.165, 1.54) is 6.07 Å². The zero-order valence-corrected chi connectivity index (χ0v) is 15.8. The molecule has 0 N–H and O–H groups in total. The fourth-order valence-corrected chi connectivity index (χ4v) is 2.52. The van der Waals surface area contributed by atoms with Crippen LogP contribution in [-0.2, 0) is 9.53 Å². The van der Waals surface area contributed by atoms with Crippen LogP contribution in [0.15, 0.2) is 46.9 Å². The maximum atomic E-state index is 12.0. The number of aryl methyl sites for hydroxylation is 1. The van der Waals surface area contributed by atoms with Gasteiger partial charge in [-0.05, 0) is 62.7 Å². The summed E-state index contributed by atoms with van der Waals surface area (Å²) in [5.41, 5.74) is 1.23. The first-order chi connectivity index (χ1) is 11.8. The maximum absolute atomic E-state index is 12.0. The quantitative estimate of drug-likeness (QED) is 0.528. The van der Waals surface area contributed by atoms with Crippen molar-refractivity contribution >= 4 is 27.9 Å². The van der Waals surface area contributed by atoms with E-state index in [2.05, 4.69) is 15.9 Å². The van der Waals surface area contributed by atoms with E-state index in [0.29, 0.717) is 11.3 Å². The second kappa shape index (κ2) is 8.67. The molecule has 0 fully saturated rings. The summed E-state index contributed by atoms with van der Waals surface area (Å²) < 4.78 is 16.7. The van der Waals surface area contributed by atoms with Gasteiger partial charge in [0.05, 0.1) is 11.7 Å². The Morgan fingerprint density at radius 3 is 2.56 bits per heavy atom. The summed E-state index contributed by atoms with van der Waals surface area (Å²) in [5.74, 6) is -0.153. The second-order valence-corrected chi connectivity index (χ2v) is 6.57. The molecule has 0 aromatic heterocycles. The predicted molar refractivity (Wildman–Crippen MR) is 97.0 cm³/mol. The number of ether oxygens (including phenoxy) is 3. The number of esters is 2. The van der Waals surface area contributed by atoms with E-state index in [4.69, 9.17) is 14.2 Å².